The molecule has 0 aliphatic rings. The fraction of sp³-hybridized carbons (Fsp3) is 0.400. The fourth-order valence-electron chi connectivity index (χ4n) is 1.92. The van der Waals surface area contributed by atoms with Crippen molar-refractivity contribution in [1.29, 1.82) is 0 Å². The quantitative estimate of drug-likeness (QED) is 0.851. The zero-order chi connectivity index (χ0) is 14.4. The highest BCUT2D eigenvalue weighted by Gasteiger charge is 2.07. The number of benzene rings is 1. The van der Waals surface area contributed by atoms with Crippen molar-refractivity contribution in [3.8, 4) is 5.75 Å². The number of hydrogen-bond donors (Lipinski definition) is 1. The van der Waals surface area contributed by atoms with E-state index in [-0.39, 0.29) is 0 Å². The largest absolute Gasteiger partial charge is 0.497 e. The van der Waals surface area contributed by atoms with Crippen molar-refractivity contribution in [3.63, 3.8) is 0 Å². The van der Waals surface area contributed by atoms with Gasteiger partial charge in [-0.25, -0.2) is 4.98 Å². The topological polar surface area (TPSA) is 37.4 Å². The number of nitrogens with one attached hydrogen (secondary N) is 1. The molecule has 1 heterocycles. The number of nitrogens with zero attached hydrogens (tertiary/aromatic N) is 2. The van der Waals surface area contributed by atoms with Gasteiger partial charge in [-0.2, -0.15) is 0 Å². The summed E-state index contributed by atoms with van der Waals surface area (Å²) in [5.74, 6) is 0.875. The Morgan fingerprint density at radius 1 is 1.40 bits per heavy atom. The van der Waals surface area contributed by atoms with E-state index in [0.717, 1.165) is 41.8 Å². The van der Waals surface area contributed by atoms with E-state index in [1.165, 1.54) is 0 Å². The first-order valence-corrected chi connectivity index (χ1v) is 7.60. The van der Waals surface area contributed by atoms with Gasteiger partial charge in [-0.1, -0.05) is 13.0 Å². The molecular formula is C15H21N3OS. The van der Waals surface area contributed by atoms with E-state index in [1.54, 1.807) is 18.4 Å². The minimum atomic E-state index is 0.801. The summed E-state index contributed by atoms with van der Waals surface area (Å²) in [5.41, 5.74) is 2.24. The minimum Gasteiger partial charge on any atom is -0.497 e. The van der Waals surface area contributed by atoms with E-state index in [1.807, 2.05) is 18.2 Å². The molecule has 2 rings (SSSR count). The van der Waals surface area contributed by atoms with Crippen LogP contribution >= 0.6 is 11.3 Å². The molecule has 0 saturated carbocycles. The van der Waals surface area contributed by atoms with Gasteiger partial charge in [-0.15, -0.1) is 11.3 Å². The molecule has 5 heteroatoms. The van der Waals surface area contributed by atoms with E-state index in [9.17, 15) is 0 Å². The number of methoxy groups -OCH3 is 1. The van der Waals surface area contributed by atoms with E-state index in [2.05, 4.69) is 40.6 Å². The Labute approximate surface area is 124 Å². The van der Waals surface area contributed by atoms with Gasteiger partial charge >= 0.3 is 0 Å². The third-order valence-electron chi connectivity index (χ3n) is 3.02. The van der Waals surface area contributed by atoms with Crippen LogP contribution in [0.3, 0.4) is 0 Å². The van der Waals surface area contributed by atoms with Crippen molar-refractivity contribution >= 4 is 17.0 Å². The van der Waals surface area contributed by atoms with Crippen LogP contribution in [-0.2, 0) is 13.1 Å². The number of ether oxygens (including phenoxy) is 1. The summed E-state index contributed by atoms with van der Waals surface area (Å²) in [4.78, 5) is 6.81. The van der Waals surface area contributed by atoms with Crippen molar-refractivity contribution in [3.05, 3.63) is 40.3 Å². The third kappa shape index (κ3) is 3.95. The highest BCUT2D eigenvalue weighted by atomic mass is 32.1. The SMILES string of the molecule is CCNCc1nc(CN(C)c2cccc(OC)c2)cs1. The molecule has 1 N–H and O–H groups in total. The fourth-order valence-corrected chi connectivity index (χ4v) is 2.67. The first kappa shape index (κ1) is 14.8. The molecule has 0 radical (unpaired) electrons. The zero-order valence-electron chi connectivity index (χ0n) is 12.2. The van der Waals surface area contributed by atoms with E-state index in [4.69, 9.17) is 4.74 Å². The Morgan fingerprint density at radius 3 is 3.00 bits per heavy atom. The molecule has 0 amide bonds. The Bertz CT molecular complexity index is 541. The van der Waals surface area contributed by atoms with E-state index < -0.39 is 0 Å². The van der Waals surface area contributed by atoms with Gasteiger partial charge in [0.25, 0.3) is 0 Å². The van der Waals surface area contributed by atoms with Gasteiger partial charge in [-0.05, 0) is 18.7 Å². The minimum absolute atomic E-state index is 0.801. The molecule has 108 valence electrons. The molecule has 4 nitrogen and oxygen atoms in total. The van der Waals surface area contributed by atoms with E-state index >= 15 is 0 Å². The van der Waals surface area contributed by atoms with Crippen LogP contribution in [0.15, 0.2) is 29.6 Å². The molecule has 0 saturated heterocycles. The summed E-state index contributed by atoms with van der Waals surface area (Å²) in [5, 5.41) is 6.56. The molecule has 0 unspecified atom stereocenters. The standard InChI is InChI=1S/C15H21N3OS/c1-4-16-9-15-17-12(11-20-15)10-18(2)13-6-5-7-14(8-13)19-3/h5-8,11,16H,4,9-10H2,1-3H3. The Morgan fingerprint density at radius 2 is 2.25 bits per heavy atom. The summed E-state index contributed by atoms with van der Waals surface area (Å²) in [7, 11) is 3.75. The number of thiazole rings is 1. The molecule has 0 atom stereocenters. The predicted molar refractivity (Wildman–Crippen MR) is 84.6 cm³/mol. The average molecular weight is 291 g/mol. The van der Waals surface area contributed by atoms with Crippen LogP contribution in [-0.4, -0.2) is 25.7 Å². The molecule has 0 fully saturated rings. The van der Waals surface area contributed by atoms with Crippen LogP contribution in [0.4, 0.5) is 5.69 Å². The van der Waals surface area contributed by atoms with Crippen LogP contribution in [0.2, 0.25) is 0 Å². The lowest BCUT2D eigenvalue weighted by molar-refractivity contribution is 0.415. The molecule has 1 aromatic carbocycles. The molecule has 0 aliphatic carbocycles. The maximum atomic E-state index is 5.26. The van der Waals surface area contributed by atoms with Crippen molar-refractivity contribution in [1.82, 2.24) is 10.3 Å². The molecule has 2 aromatic rings. The first-order valence-electron chi connectivity index (χ1n) is 6.72. The van der Waals surface area contributed by atoms with Gasteiger partial charge in [0.05, 0.1) is 19.3 Å². The number of aromatic nitrogens is 1. The molecule has 0 bridgehead atoms. The number of anilines is 1. The lowest BCUT2D eigenvalue weighted by Gasteiger charge is -2.18. The summed E-state index contributed by atoms with van der Waals surface area (Å²) in [6.45, 7) is 4.73. The molecule has 0 aliphatic heterocycles. The zero-order valence-corrected chi connectivity index (χ0v) is 13.0. The smallest absolute Gasteiger partial charge is 0.120 e. The van der Waals surface area contributed by atoms with Gasteiger partial charge in [0, 0.05) is 30.7 Å². The summed E-state index contributed by atoms with van der Waals surface area (Å²) >= 11 is 1.71. The average Bonchev–Trinajstić information content (AvgIpc) is 2.92. The maximum Gasteiger partial charge on any atom is 0.120 e. The Hall–Kier alpha value is -1.59. The highest BCUT2D eigenvalue weighted by Crippen LogP contribution is 2.21. The molecule has 20 heavy (non-hydrogen) atoms. The number of hydrogen-bond acceptors (Lipinski definition) is 5. The second-order valence-corrected chi connectivity index (χ2v) is 5.51. The van der Waals surface area contributed by atoms with E-state index in [0.29, 0.717) is 0 Å². The van der Waals surface area contributed by atoms with Crippen LogP contribution < -0.4 is 15.0 Å². The van der Waals surface area contributed by atoms with Crippen LogP contribution in [0.1, 0.15) is 17.6 Å². The molecule has 0 spiro atoms. The van der Waals surface area contributed by atoms with Crippen LogP contribution in [0.5, 0.6) is 5.75 Å². The first-order chi connectivity index (χ1) is 9.72. The lowest BCUT2D eigenvalue weighted by Crippen LogP contribution is -2.17. The van der Waals surface area contributed by atoms with Gasteiger partial charge in [0.2, 0.25) is 0 Å². The van der Waals surface area contributed by atoms with Crippen molar-refractivity contribution in [2.24, 2.45) is 0 Å². The van der Waals surface area contributed by atoms with Crippen LogP contribution in [0.25, 0.3) is 0 Å². The van der Waals surface area contributed by atoms with Crippen LogP contribution in [0, 0.1) is 0 Å². The lowest BCUT2D eigenvalue weighted by atomic mass is 10.2. The summed E-state index contributed by atoms with van der Waals surface area (Å²) < 4.78 is 5.26. The highest BCUT2D eigenvalue weighted by molar-refractivity contribution is 7.09. The second-order valence-electron chi connectivity index (χ2n) is 4.57. The normalized spacial score (nSPS) is 10.6. The van der Waals surface area contributed by atoms with Gasteiger partial charge < -0.3 is 15.0 Å². The predicted octanol–water partition coefficient (Wildman–Crippen LogP) is 2.90. The monoisotopic (exact) mass is 291 g/mol. The molecular weight excluding hydrogens is 270 g/mol. The number of rotatable bonds is 7. The second kappa shape index (κ2) is 7.26. The maximum absolute atomic E-state index is 5.26. The Balaban J connectivity index is 1.99. The van der Waals surface area contributed by atoms with Gasteiger partial charge in [0.1, 0.15) is 10.8 Å². The van der Waals surface area contributed by atoms with Crippen molar-refractivity contribution in [2.45, 2.75) is 20.0 Å². The van der Waals surface area contributed by atoms with Gasteiger partial charge in [-0.3, -0.25) is 0 Å². The summed E-state index contributed by atoms with van der Waals surface area (Å²) in [6.07, 6.45) is 0. The van der Waals surface area contributed by atoms with Crippen molar-refractivity contribution in [2.75, 3.05) is 25.6 Å². The Kier molecular flexibility index (Phi) is 5.38. The van der Waals surface area contributed by atoms with Gasteiger partial charge in [0.15, 0.2) is 0 Å². The third-order valence-corrected chi connectivity index (χ3v) is 3.92. The molecule has 1 aromatic heterocycles. The summed E-state index contributed by atoms with van der Waals surface area (Å²) in [6, 6.07) is 8.07. The van der Waals surface area contributed by atoms with Crippen molar-refractivity contribution < 1.29 is 4.74 Å².